The van der Waals surface area contributed by atoms with Gasteiger partial charge in [0.25, 0.3) is 0 Å². The number of aliphatic hydroxyl groups excluding tert-OH is 1. The summed E-state index contributed by atoms with van der Waals surface area (Å²) in [5.74, 6) is -0.274. The summed E-state index contributed by atoms with van der Waals surface area (Å²) >= 11 is 6.17. The molecule has 2 rings (SSSR count). The van der Waals surface area contributed by atoms with Crippen molar-refractivity contribution in [3.63, 3.8) is 0 Å². The molecule has 1 saturated heterocycles. The molecule has 1 aliphatic rings. The highest BCUT2D eigenvalue weighted by Gasteiger charge is 2.35. The minimum atomic E-state index is -0.743. The van der Waals surface area contributed by atoms with Gasteiger partial charge < -0.3 is 15.2 Å². The lowest BCUT2D eigenvalue weighted by Gasteiger charge is -2.36. The molecule has 0 spiro atoms. The van der Waals surface area contributed by atoms with Gasteiger partial charge in [-0.3, -0.25) is 4.79 Å². The Morgan fingerprint density at radius 2 is 2.00 bits per heavy atom. The van der Waals surface area contributed by atoms with Gasteiger partial charge in [0.1, 0.15) is 5.38 Å². The van der Waals surface area contributed by atoms with Crippen LogP contribution in [-0.4, -0.2) is 36.4 Å². The maximum atomic E-state index is 12.2. The Hall–Kier alpha value is -1.10. The van der Waals surface area contributed by atoms with Crippen LogP contribution in [0, 0.1) is 0 Å². The van der Waals surface area contributed by atoms with Gasteiger partial charge in [-0.1, -0.05) is 30.3 Å². The zero-order chi connectivity index (χ0) is 13.7. The van der Waals surface area contributed by atoms with Gasteiger partial charge >= 0.3 is 0 Å². The van der Waals surface area contributed by atoms with Crippen LogP contribution in [0.15, 0.2) is 30.3 Å². The van der Waals surface area contributed by atoms with Crippen molar-refractivity contribution in [2.24, 2.45) is 0 Å². The maximum absolute atomic E-state index is 12.2. The molecule has 1 fully saturated rings. The van der Waals surface area contributed by atoms with Gasteiger partial charge in [-0.05, 0) is 18.4 Å². The molecule has 1 heterocycles. The summed E-state index contributed by atoms with van der Waals surface area (Å²) in [6.07, 6.45) is 1.21. The first-order valence-electron chi connectivity index (χ1n) is 6.36. The zero-order valence-electron chi connectivity index (χ0n) is 10.6. The summed E-state index contributed by atoms with van der Waals surface area (Å²) in [6.45, 7) is 0.985. The first-order valence-corrected chi connectivity index (χ1v) is 6.80. The topological polar surface area (TPSA) is 58.6 Å². The quantitative estimate of drug-likeness (QED) is 0.826. The first kappa shape index (κ1) is 14.3. The van der Waals surface area contributed by atoms with E-state index in [4.69, 9.17) is 16.3 Å². The van der Waals surface area contributed by atoms with Crippen LogP contribution >= 0.6 is 11.6 Å². The van der Waals surface area contributed by atoms with Gasteiger partial charge in [-0.15, -0.1) is 11.6 Å². The lowest BCUT2D eigenvalue weighted by atomic mass is 9.90. The van der Waals surface area contributed by atoms with E-state index >= 15 is 0 Å². The lowest BCUT2D eigenvalue weighted by Crippen LogP contribution is -2.55. The molecule has 4 nitrogen and oxygen atoms in total. The number of halogens is 1. The molecule has 0 aliphatic carbocycles. The summed E-state index contributed by atoms with van der Waals surface area (Å²) in [5, 5.41) is 11.7. The minimum absolute atomic E-state index is 0.0967. The molecule has 1 aliphatic heterocycles. The number of rotatable bonds is 4. The van der Waals surface area contributed by atoms with Crippen molar-refractivity contribution in [3.8, 4) is 0 Å². The van der Waals surface area contributed by atoms with Gasteiger partial charge in [-0.25, -0.2) is 0 Å². The fraction of sp³-hybridized carbons (Fsp3) is 0.500. The molecular formula is C14H18ClNO3. The average molecular weight is 284 g/mol. The molecule has 1 amide bonds. The molecule has 1 aromatic rings. The lowest BCUT2D eigenvalue weighted by molar-refractivity contribution is -0.125. The summed E-state index contributed by atoms with van der Waals surface area (Å²) in [6, 6.07) is 9.18. The number of carbonyl (C=O) groups is 1. The van der Waals surface area contributed by atoms with E-state index in [-0.39, 0.29) is 12.5 Å². The Morgan fingerprint density at radius 3 is 2.58 bits per heavy atom. The van der Waals surface area contributed by atoms with E-state index in [9.17, 15) is 9.90 Å². The van der Waals surface area contributed by atoms with Crippen molar-refractivity contribution in [2.45, 2.75) is 23.8 Å². The molecule has 104 valence electrons. The fourth-order valence-corrected chi connectivity index (χ4v) is 2.38. The van der Waals surface area contributed by atoms with Gasteiger partial charge in [0, 0.05) is 13.2 Å². The van der Waals surface area contributed by atoms with Gasteiger partial charge in [0.05, 0.1) is 12.1 Å². The third-order valence-corrected chi connectivity index (χ3v) is 3.91. The van der Waals surface area contributed by atoms with Crippen LogP contribution in [0.4, 0.5) is 0 Å². The number of benzene rings is 1. The first-order chi connectivity index (χ1) is 9.17. The standard InChI is InChI=1S/C14H18ClNO3/c15-12(11-4-2-1-3-5-11)13(18)16-14(10-17)6-8-19-9-7-14/h1-5,12,17H,6-10H2,(H,16,18). The smallest absolute Gasteiger partial charge is 0.243 e. The number of aliphatic hydroxyl groups is 1. The van der Waals surface area contributed by atoms with Crippen molar-refractivity contribution in [2.75, 3.05) is 19.8 Å². The Bertz CT molecular complexity index is 418. The third kappa shape index (κ3) is 3.47. The molecule has 2 N–H and O–H groups in total. The fourth-order valence-electron chi connectivity index (χ4n) is 2.18. The van der Waals surface area contributed by atoms with Crippen LogP contribution < -0.4 is 5.32 Å². The van der Waals surface area contributed by atoms with Crippen molar-refractivity contribution in [3.05, 3.63) is 35.9 Å². The van der Waals surface area contributed by atoms with Crippen LogP contribution in [0.3, 0.4) is 0 Å². The van der Waals surface area contributed by atoms with Crippen molar-refractivity contribution in [1.29, 1.82) is 0 Å². The van der Waals surface area contributed by atoms with Gasteiger partial charge in [0.15, 0.2) is 0 Å². The normalized spacial score (nSPS) is 19.7. The molecule has 1 unspecified atom stereocenters. The summed E-state index contributed by atoms with van der Waals surface area (Å²) in [4.78, 5) is 12.2. The summed E-state index contributed by atoms with van der Waals surface area (Å²) in [7, 11) is 0. The van der Waals surface area contributed by atoms with Crippen molar-refractivity contribution < 1.29 is 14.6 Å². The summed E-state index contributed by atoms with van der Waals surface area (Å²) < 4.78 is 5.26. The van der Waals surface area contributed by atoms with E-state index in [0.29, 0.717) is 26.1 Å². The number of carbonyl (C=O) groups excluding carboxylic acids is 1. The van der Waals surface area contributed by atoms with E-state index in [1.54, 1.807) is 0 Å². The summed E-state index contributed by atoms with van der Waals surface area (Å²) in [5.41, 5.74) is 0.152. The highest BCUT2D eigenvalue weighted by Crippen LogP contribution is 2.25. The molecule has 5 heteroatoms. The largest absolute Gasteiger partial charge is 0.394 e. The van der Waals surface area contributed by atoms with E-state index in [0.717, 1.165) is 5.56 Å². The SMILES string of the molecule is O=C(NC1(CO)CCOCC1)C(Cl)c1ccccc1. The number of amides is 1. The highest BCUT2D eigenvalue weighted by atomic mass is 35.5. The molecule has 0 saturated carbocycles. The van der Waals surface area contributed by atoms with Crippen LogP contribution in [0.2, 0.25) is 0 Å². The van der Waals surface area contributed by atoms with Crippen molar-refractivity contribution >= 4 is 17.5 Å². The molecule has 0 bridgehead atoms. The monoisotopic (exact) mass is 283 g/mol. The van der Waals surface area contributed by atoms with E-state index < -0.39 is 10.9 Å². The predicted octanol–water partition coefficient (Wildman–Crippen LogP) is 1.62. The number of hydrogen-bond acceptors (Lipinski definition) is 3. The Balaban J connectivity index is 2.03. The molecule has 0 aromatic heterocycles. The van der Waals surface area contributed by atoms with Crippen molar-refractivity contribution in [1.82, 2.24) is 5.32 Å². The Kier molecular flexibility index (Phi) is 4.80. The van der Waals surface area contributed by atoms with Gasteiger partial charge in [-0.2, -0.15) is 0 Å². The maximum Gasteiger partial charge on any atom is 0.243 e. The Labute approximate surface area is 117 Å². The Morgan fingerprint density at radius 1 is 1.37 bits per heavy atom. The second-order valence-corrected chi connectivity index (χ2v) is 5.25. The highest BCUT2D eigenvalue weighted by molar-refractivity contribution is 6.30. The van der Waals surface area contributed by atoms with E-state index in [1.165, 1.54) is 0 Å². The second kappa shape index (κ2) is 6.37. The van der Waals surface area contributed by atoms with E-state index in [1.807, 2.05) is 30.3 Å². The molecule has 1 aromatic carbocycles. The molecular weight excluding hydrogens is 266 g/mol. The molecule has 19 heavy (non-hydrogen) atoms. The minimum Gasteiger partial charge on any atom is -0.394 e. The third-order valence-electron chi connectivity index (χ3n) is 3.46. The number of alkyl halides is 1. The molecule has 1 atom stereocenters. The predicted molar refractivity (Wildman–Crippen MR) is 73.0 cm³/mol. The van der Waals surface area contributed by atoms with E-state index in [2.05, 4.69) is 5.32 Å². The number of ether oxygens (including phenoxy) is 1. The zero-order valence-corrected chi connectivity index (χ0v) is 11.4. The molecule has 0 radical (unpaired) electrons. The number of nitrogens with one attached hydrogen (secondary N) is 1. The average Bonchev–Trinajstić information content (AvgIpc) is 2.48. The second-order valence-electron chi connectivity index (χ2n) is 4.81. The van der Waals surface area contributed by atoms with Crippen LogP contribution in [0.5, 0.6) is 0 Å². The van der Waals surface area contributed by atoms with Gasteiger partial charge in [0.2, 0.25) is 5.91 Å². The van der Waals surface area contributed by atoms with Crippen LogP contribution in [-0.2, 0) is 9.53 Å². The number of hydrogen-bond donors (Lipinski definition) is 2. The van der Waals surface area contributed by atoms with Crippen LogP contribution in [0.1, 0.15) is 23.8 Å². The van der Waals surface area contributed by atoms with Crippen LogP contribution in [0.25, 0.3) is 0 Å².